The summed E-state index contributed by atoms with van der Waals surface area (Å²) in [5.41, 5.74) is 2.21. The molecule has 0 bridgehead atoms. The van der Waals surface area contributed by atoms with E-state index in [0.29, 0.717) is 18.0 Å². The predicted octanol–water partition coefficient (Wildman–Crippen LogP) is 5.03. The van der Waals surface area contributed by atoms with Crippen molar-refractivity contribution in [1.29, 1.82) is 0 Å². The van der Waals surface area contributed by atoms with Crippen LogP contribution in [0.2, 0.25) is 0 Å². The van der Waals surface area contributed by atoms with Gasteiger partial charge in [-0.05, 0) is 62.6 Å². The lowest BCUT2D eigenvalue weighted by Crippen LogP contribution is -2.58. The number of amides is 2. The third-order valence-electron chi connectivity index (χ3n) is 7.50. The summed E-state index contributed by atoms with van der Waals surface area (Å²) in [6.45, 7) is 0.778. The molecule has 3 aliphatic rings. The maximum absolute atomic E-state index is 13.9. The summed E-state index contributed by atoms with van der Waals surface area (Å²) < 4.78 is 10.9. The molecule has 1 aromatic carbocycles. The molecule has 1 atom stereocenters. The number of ether oxygens (including phenoxy) is 2. The fourth-order valence-corrected chi connectivity index (χ4v) is 5.62. The van der Waals surface area contributed by atoms with Gasteiger partial charge in [-0.3, -0.25) is 9.59 Å². The van der Waals surface area contributed by atoms with E-state index in [1.807, 2.05) is 28.0 Å². The quantitative estimate of drug-likeness (QED) is 0.428. The molecular formula is C27H38N2O4. The van der Waals surface area contributed by atoms with Crippen LogP contribution in [0.5, 0.6) is 11.5 Å². The fraction of sp³-hybridized carbons (Fsp3) is 0.630. The maximum Gasteiger partial charge on any atom is 0.250 e. The number of allylic oxidation sites excluding steroid dienone is 1. The van der Waals surface area contributed by atoms with Gasteiger partial charge in [-0.2, -0.15) is 0 Å². The smallest absolute Gasteiger partial charge is 0.250 e. The van der Waals surface area contributed by atoms with Crippen molar-refractivity contribution >= 4 is 11.8 Å². The fourth-order valence-electron chi connectivity index (χ4n) is 5.62. The second-order valence-corrected chi connectivity index (χ2v) is 9.57. The van der Waals surface area contributed by atoms with Crippen LogP contribution in [0.25, 0.3) is 0 Å². The molecule has 2 amide bonds. The molecular weight excluding hydrogens is 416 g/mol. The minimum absolute atomic E-state index is 0.0475. The molecule has 1 saturated heterocycles. The van der Waals surface area contributed by atoms with E-state index in [1.165, 1.54) is 31.3 Å². The van der Waals surface area contributed by atoms with Crippen molar-refractivity contribution in [2.24, 2.45) is 0 Å². The molecule has 1 aliphatic heterocycles. The molecule has 0 radical (unpaired) electrons. The van der Waals surface area contributed by atoms with Gasteiger partial charge in [0.15, 0.2) is 11.5 Å². The molecule has 0 N–H and O–H groups in total. The van der Waals surface area contributed by atoms with Gasteiger partial charge in [0.25, 0.3) is 5.91 Å². The first kappa shape index (κ1) is 23.7. The van der Waals surface area contributed by atoms with Crippen LogP contribution in [0.3, 0.4) is 0 Å². The van der Waals surface area contributed by atoms with Crippen molar-refractivity contribution in [3.05, 3.63) is 35.4 Å². The highest BCUT2D eigenvalue weighted by Gasteiger charge is 2.42. The lowest BCUT2D eigenvalue weighted by molar-refractivity contribution is -0.158. The number of methoxy groups -OCH3 is 2. The number of piperazine rings is 1. The molecule has 33 heavy (non-hydrogen) atoms. The molecule has 180 valence electrons. The van der Waals surface area contributed by atoms with Gasteiger partial charge in [0.2, 0.25) is 5.91 Å². The minimum atomic E-state index is -0.613. The largest absolute Gasteiger partial charge is 0.493 e. The van der Waals surface area contributed by atoms with Crippen molar-refractivity contribution in [2.45, 2.75) is 82.7 Å². The minimum Gasteiger partial charge on any atom is -0.493 e. The van der Waals surface area contributed by atoms with Crippen molar-refractivity contribution in [2.75, 3.05) is 27.3 Å². The summed E-state index contributed by atoms with van der Waals surface area (Å²) in [5, 5.41) is 0. The Kier molecular flexibility index (Phi) is 7.94. The van der Waals surface area contributed by atoms with Gasteiger partial charge >= 0.3 is 0 Å². The number of carbonyl (C=O) groups excluding carboxylic acids is 2. The molecule has 2 aliphatic carbocycles. The van der Waals surface area contributed by atoms with Crippen molar-refractivity contribution in [3.63, 3.8) is 0 Å². The highest BCUT2D eigenvalue weighted by Crippen LogP contribution is 2.37. The first-order valence-corrected chi connectivity index (χ1v) is 12.6. The monoisotopic (exact) mass is 454 g/mol. The maximum atomic E-state index is 13.9. The van der Waals surface area contributed by atoms with Gasteiger partial charge in [-0.15, -0.1) is 0 Å². The molecule has 6 nitrogen and oxygen atoms in total. The Morgan fingerprint density at radius 3 is 2.36 bits per heavy atom. The van der Waals surface area contributed by atoms with Crippen LogP contribution in [-0.4, -0.2) is 55.0 Å². The Balaban J connectivity index is 1.64. The summed E-state index contributed by atoms with van der Waals surface area (Å²) in [6.07, 6.45) is 14.5. The van der Waals surface area contributed by atoms with E-state index >= 15 is 0 Å². The van der Waals surface area contributed by atoms with Gasteiger partial charge in [0.05, 0.1) is 14.2 Å². The zero-order valence-corrected chi connectivity index (χ0v) is 20.2. The van der Waals surface area contributed by atoms with Crippen molar-refractivity contribution < 1.29 is 19.1 Å². The van der Waals surface area contributed by atoms with Crippen molar-refractivity contribution in [1.82, 2.24) is 9.80 Å². The normalized spacial score (nSPS) is 22.7. The Morgan fingerprint density at radius 2 is 1.70 bits per heavy atom. The summed E-state index contributed by atoms with van der Waals surface area (Å²) in [7, 11) is 3.20. The molecule has 1 saturated carbocycles. The number of benzene rings is 1. The molecule has 0 unspecified atom stereocenters. The third-order valence-corrected chi connectivity index (χ3v) is 7.50. The number of hydrogen-bond acceptors (Lipinski definition) is 4. The van der Waals surface area contributed by atoms with Crippen LogP contribution in [0.4, 0.5) is 0 Å². The van der Waals surface area contributed by atoms with E-state index in [-0.39, 0.29) is 24.4 Å². The van der Waals surface area contributed by atoms with Crippen LogP contribution in [0.1, 0.15) is 82.2 Å². The third kappa shape index (κ3) is 5.36. The summed E-state index contributed by atoms with van der Waals surface area (Å²) in [4.78, 5) is 31.1. The number of carbonyl (C=O) groups is 2. The summed E-state index contributed by atoms with van der Waals surface area (Å²) in [6, 6.07) is 5.14. The Morgan fingerprint density at radius 1 is 0.939 bits per heavy atom. The highest BCUT2D eigenvalue weighted by atomic mass is 16.5. The van der Waals surface area contributed by atoms with E-state index < -0.39 is 6.04 Å². The van der Waals surface area contributed by atoms with E-state index in [4.69, 9.17) is 9.47 Å². The highest BCUT2D eigenvalue weighted by molar-refractivity contribution is 5.96. The lowest BCUT2D eigenvalue weighted by Gasteiger charge is -2.44. The number of nitrogens with zero attached hydrogens (tertiary/aromatic N) is 2. The van der Waals surface area contributed by atoms with Crippen LogP contribution in [0, 0.1) is 0 Å². The lowest BCUT2D eigenvalue weighted by atomic mass is 9.94. The number of hydrogen-bond donors (Lipinski definition) is 0. The summed E-state index contributed by atoms with van der Waals surface area (Å²) in [5.74, 6) is 1.30. The Hall–Kier alpha value is -2.50. The van der Waals surface area contributed by atoms with Crippen LogP contribution in [0.15, 0.2) is 29.8 Å². The average molecular weight is 455 g/mol. The molecule has 1 heterocycles. The number of rotatable bonds is 7. The Labute approximate surface area is 197 Å². The summed E-state index contributed by atoms with van der Waals surface area (Å²) >= 11 is 0. The average Bonchev–Trinajstić information content (AvgIpc) is 3.14. The van der Waals surface area contributed by atoms with E-state index in [9.17, 15) is 9.59 Å². The van der Waals surface area contributed by atoms with Gasteiger partial charge < -0.3 is 19.3 Å². The second-order valence-electron chi connectivity index (χ2n) is 9.57. The van der Waals surface area contributed by atoms with Crippen LogP contribution in [-0.2, 0) is 9.59 Å². The Bertz CT molecular complexity index is 873. The first-order valence-electron chi connectivity index (χ1n) is 12.6. The van der Waals surface area contributed by atoms with Gasteiger partial charge in [0.1, 0.15) is 12.6 Å². The molecule has 0 spiro atoms. The molecule has 6 heteroatoms. The van der Waals surface area contributed by atoms with Gasteiger partial charge in [-0.25, -0.2) is 0 Å². The van der Waals surface area contributed by atoms with Crippen LogP contribution < -0.4 is 9.47 Å². The van der Waals surface area contributed by atoms with E-state index in [2.05, 4.69) is 6.08 Å². The molecule has 0 aromatic heterocycles. The van der Waals surface area contributed by atoms with Gasteiger partial charge in [0, 0.05) is 12.6 Å². The van der Waals surface area contributed by atoms with Gasteiger partial charge in [-0.1, -0.05) is 43.4 Å². The standard InChI is InChI=1S/C27H38N2O4/c1-32-23-15-14-21(18-24(23)33-2)26-27(31)29(22-12-8-3-4-9-13-22)19-25(30)28(26)17-16-20-10-6-5-7-11-20/h10,14-15,18,22,26H,3-9,11-13,16-17,19H2,1-2H3/t26-/m1/s1. The molecule has 4 rings (SSSR count). The zero-order valence-electron chi connectivity index (χ0n) is 20.2. The molecule has 2 fully saturated rings. The molecule has 1 aromatic rings. The van der Waals surface area contributed by atoms with Crippen molar-refractivity contribution in [3.8, 4) is 11.5 Å². The second kappa shape index (κ2) is 11.1. The first-order chi connectivity index (χ1) is 16.1. The van der Waals surface area contributed by atoms with E-state index in [1.54, 1.807) is 14.2 Å². The topological polar surface area (TPSA) is 59.1 Å². The zero-order chi connectivity index (χ0) is 23.2. The van der Waals surface area contributed by atoms with Crippen LogP contribution >= 0.6 is 0 Å². The van der Waals surface area contributed by atoms with E-state index in [0.717, 1.165) is 50.5 Å². The predicted molar refractivity (Wildman–Crippen MR) is 128 cm³/mol. The SMILES string of the molecule is COc1ccc([C@@H]2C(=O)N(C3CCCCCC3)CC(=O)N2CCC2=CCCCC2)cc1OC.